The smallest absolute Gasteiger partial charge is 0.0478 e. The minimum absolute atomic E-state index is 0.751. The Kier molecular flexibility index (Phi) is 6.46. The van der Waals surface area contributed by atoms with Crippen LogP contribution in [0.5, 0.6) is 0 Å². The van der Waals surface area contributed by atoms with Crippen LogP contribution in [-0.4, -0.2) is 49.8 Å². The number of ether oxygens (including phenoxy) is 1. The number of nitrogens with zero attached hydrogens (tertiary/aromatic N) is 1. The number of hydrogen-bond acceptors (Lipinski definition) is 3. The standard InChI is InChI=1S/C15H30N2O/c1-2-3-12-18-13-6-9-16-14-8-11-17-10-5-4-7-15(14)17/h14-16H,2-13H2,1H3. The molecule has 2 aliphatic rings. The van der Waals surface area contributed by atoms with Crippen molar-refractivity contribution in [1.29, 1.82) is 0 Å². The third-order valence-corrected chi connectivity index (χ3v) is 4.37. The molecule has 3 nitrogen and oxygen atoms in total. The number of fused-ring (bicyclic) bond motifs is 1. The molecule has 2 unspecified atom stereocenters. The maximum atomic E-state index is 5.59. The Hall–Kier alpha value is -0.120. The first-order chi connectivity index (χ1) is 8.92. The zero-order valence-electron chi connectivity index (χ0n) is 12.0. The molecule has 18 heavy (non-hydrogen) atoms. The van der Waals surface area contributed by atoms with Crippen LogP contribution in [0.4, 0.5) is 0 Å². The first-order valence-corrected chi connectivity index (χ1v) is 7.97. The summed E-state index contributed by atoms with van der Waals surface area (Å²) in [5.41, 5.74) is 0. The number of unbranched alkanes of at least 4 members (excludes halogenated alkanes) is 1. The molecule has 106 valence electrons. The van der Waals surface area contributed by atoms with Gasteiger partial charge >= 0.3 is 0 Å². The lowest BCUT2D eigenvalue weighted by molar-refractivity contribution is 0.126. The summed E-state index contributed by atoms with van der Waals surface area (Å²) < 4.78 is 5.59. The van der Waals surface area contributed by atoms with Crippen molar-refractivity contribution in [3.05, 3.63) is 0 Å². The van der Waals surface area contributed by atoms with Crippen molar-refractivity contribution in [2.45, 2.75) is 64.0 Å². The highest BCUT2D eigenvalue weighted by Crippen LogP contribution is 2.26. The van der Waals surface area contributed by atoms with E-state index in [9.17, 15) is 0 Å². The SMILES string of the molecule is CCCCOCCCNC1CCN2CCCCC12. The first-order valence-electron chi connectivity index (χ1n) is 7.97. The van der Waals surface area contributed by atoms with Crippen LogP contribution in [0.15, 0.2) is 0 Å². The summed E-state index contributed by atoms with van der Waals surface area (Å²) >= 11 is 0. The van der Waals surface area contributed by atoms with Crippen molar-refractivity contribution < 1.29 is 4.74 Å². The lowest BCUT2D eigenvalue weighted by Gasteiger charge is -2.32. The quantitative estimate of drug-likeness (QED) is 0.673. The normalized spacial score (nSPS) is 28.5. The molecule has 0 bridgehead atoms. The maximum absolute atomic E-state index is 5.59. The predicted molar refractivity (Wildman–Crippen MR) is 76.0 cm³/mol. The first kappa shape index (κ1) is 14.3. The van der Waals surface area contributed by atoms with E-state index in [4.69, 9.17) is 4.74 Å². The van der Waals surface area contributed by atoms with E-state index in [0.717, 1.165) is 38.3 Å². The van der Waals surface area contributed by atoms with Crippen molar-refractivity contribution in [3.8, 4) is 0 Å². The summed E-state index contributed by atoms with van der Waals surface area (Å²) in [4.78, 5) is 2.69. The molecule has 2 fully saturated rings. The Labute approximate surface area is 112 Å². The van der Waals surface area contributed by atoms with Crippen LogP contribution in [0.2, 0.25) is 0 Å². The summed E-state index contributed by atoms with van der Waals surface area (Å²) in [7, 11) is 0. The summed E-state index contributed by atoms with van der Waals surface area (Å²) in [6.07, 6.45) is 9.19. The van der Waals surface area contributed by atoms with E-state index in [2.05, 4.69) is 17.1 Å². The molecule has 0 radical (unpaired) electrons. The molecule has 2 heterocycles. The fourth-order valence-corrected chi connectivity index (χ4v) is 3.30. The Morgan fingerprint density at radius 2 is 2.00 bits per heavy atom. The lowest BCUT2D eigenvalue weighted by atomic mass is 9.99. The van der Waals surface area contributed by atoms with Crippen molar-refractivity contribution in [2.75, 3.05) is 32.8 Å². The molecule has 2 aliphatic heterocycles. The number of rotatable bonds is 8. The second-order valence-corrected chi connectivity index (χ2v) is 5.77. The zero-order chi connectivity index (χ0) is 12.6. The minimum atomic E-state index is 0.751. The third kappa shape index (κ3) is 4.22. The Morgan fingerprint density at radius 3 is 2.89 bits per heavy atom. The summed E-state index contributed by atoms with van der Waals surface area (Å²) in [6.45, 7) is 7.85. The van der Waals surface area contributed by atoms with Gasteiger partial charge in [0.1, 0.15) is 0 Å². The van der Waals surface area contributed by atoms with E-state index >= 15 is 0 Å². The van der Waals surface area contributed by atoms with Gasteiger partial charge in [0.2, 0.25) is 0 Å². The largest absolute Gasteiger partial charge is 0.381 e. The molecular formula is C15H30N2O. The topological polar surface area (TPSA) is 24.5 Å². The van der Waals surface area contributed by atoms with Crippen molar-refractivity contribution in [2.24, 2.45) is 0 Å². The number of piperidine rings is 1. The van der Waals surface area contributed by atoms with Crippen molar-refractivity contribution in [1.82, 2.24) is 10.2 Å². The van der Waals surface area contributed by atoms with Crippen LogP contribution in [0.25, 0.3) is 0 Å². The van der Waals surface area contributed by atoms with Crippen LogP contribution < -0.4 is 5.32 Å². The van der Waals surface area contributed by atoms with Gasteiger partial charge in [0.15, 0.2) is 0 Å². The molecular weight excluding hydrogens is 224 g/mol. The van der Waals surface area contributed by atoms with Gasteiger partial charge in [-0.05, 0) is 45.2 Å². The number of hydrogen-bond donors (Lipinski definition) is 1. The van der Waals surface area contributed by atoms with Gasteiger partial charge in [-0.15, -0.1) is 0 Å². The Morgan fingerprint density at radius 1 is 1.11 bits per heavy atom. The molecule has 0 aromatic rings. The molecule has 0 aliphatic carbocycles. The van der Waals surface area contributed by atoms with Crippen LogP contribution in [0.1, 0.15) is 51.9 Å². The van der Waals surface area contributed by atoms with Gasteiger partial charge in [0.05, 0.1) is 0 Å². The molecule has 2 saturated heterocycles. The van der Waals surface area contributed by atoms with Crippen LogP contribution in [0, 0.1) is 0 Å². The summed E-state index contributed by atoms with van der Waals surface area (Å²) in [6, 6.07) is 1.58. The third-order valence-electron chi connectivity index (χ3n) is 4.37. The van der Waals surface area contributed by atoms with E-state index < -0.39 is 0 Å². The van der Waals surface area contributed by atoms with E-state index in [1.54, 1.807) is 0 Å². The maximum Gasteiger partial charge on any atom is 0.0478 e. The van der Waals surface area contributed by atoms with Gasteiger partial charge in [-0.3, -0.25) is 4.90 Å². The van der Waals surface area contributed by atoms with Gasteiger partial charge in [-0.2, -0.15) is 0 Å². The van der Waals surface area contributed by atoms with E-state index in [1.807, 2.05) is 0 Å². The van der Waals surface area contributed by atoms with Gasteiger partial charge in [0, 0.05) is 31.8 Å². The molecule has 0 amide bonds. The zero-order valence-corrected chi connectivity index (χ0v) is 12.0. The molecule has 0 saturated carbocycles. The van der Waals surface area contributed by atoms with E-state index in [1.165, 1.54) is 51.6 Å². The van der Waals surface area contributed by atoms with Gasteiger partial charge in [0.25, 0.3) is 0 Å². The van der Waals surface area contributed by atoms with Gasteiger partial charge in [-0.25, -0.2) is 0 Å². The van der Waals surface area contributed by atoms with Crippen molar-refractivity contribution >= 4 is 0 Å². The molecule has 2 rings (SSSR count). The monoisotopic (exact) mass is 254 g/mol. The Balaban J connectivity index is 1.51. The van der Waals surface area contributed by atoms with Gasteiger partial charge < -0.3 is 10.1 Å². The molecule has 0 aromatic heterocycles. The molecule has 3 heteroatoms. The second-order valence-electron chi connectivity index (χ2n) is 5.77. The second kappa shape index (κ2) is 8.13. The Bertz CT molecular complexity index is 223. The van der Waals surface area contributed by atoms with Crippen molar-refractivity contribution in [3.63, 3.8) is 0 Å². The molecule has 0 spiro atoms. The molecule has 0 aromatic carbocycles. The predicted octanol–water partition coefficient (Wildman–Crippen LogP) is 2.41. The number of nitrogens with one attached hydrogen (secondary N) is 1. The lowest BCUT2D eigenvalue weighted by Crippen LogP contribution is -2.45. The average molecular weight is 254 g/mol. The highest BCUT2D eigenvalue weighted by molar-refractivity contribution is 4.93. The molecule has 2 atom stereocenters. The average Bonchev–Trinajstić information content (AvgIpc) is 2.81. The highest BCUT2D eigenvalue weighted by atomic mass is 16.5. The summed E-state index contributed by atoms with van der Waals surface area (Å²) in [5.74, 6) is 0. The molecule has 1 N–H and O–H groups in total. The van der Waals surface area contributed by atoms with Crippen LogP contribution >= 0.6 is 0 Å². The van der Waals surface area contributed by atoms with Crippen LogP contribution in [0.3, 0.4) is 0 Å². The van der Waals surface area contributed by atoms with Crippen LogP contribution in [-0.2, 0) is 4.74 Å². The summed E-state index contributed by atoms with van der Waals surface area (Å²) in [5, 5.41) is 3.75. The van der Waals surface area contributed by atoms with E-state index in [0.29, 0.717) is 0 Å². The highest BCUT2D eigenvalue weighted by Gasteiger charge is 2.34. The van der Waals surface area contributed by atoms with E-state index in [-0.39, 0.29) is 0 Å². The van der Waals surface area contributed by atoms with Gasteiger partial charge in [-0.1, -0.05) is 19.8 Å². The minimum Gasteiger partial charge on any atom is -0.381 e. The fraction of sp³-hybridized carbons (Fsp3) is 1.00. The fourth-order valence-electron chi connectivity index (χ4n) is 3.30.